The molecule has 3 aromatic rings. The Morgan fingerprint density at radius 3 is 2.59 bits per heavy atom. The number of nitrogens with zero attached hydrogens (tertiary/aromatic N) is 1. The number of fused-ring (bicyclic) bond motifs is 1. The Morgan fingerprint density at radius 2 is 1.88 bits per heavy atom. The van der Waals surface area contributed by atoms with Crippen LogP contribution in [0.2, 0.25) is 0 Å². The molecule has 0 bridgehead atoms. The van der Waals surface area contributed by atoms with Crippen LogP contribution in [0.15, 0.2) is 53.0 Å². The van der Waals surface area contributed by atoms with Crippen molar-refractivity contribution >= 4 is 50.2 Å². The Labute approximate surface area is 191 Å². The summed E-state index contributed by atoms with van der Waals surface area (Å²) in [7, 11) is 0. The van der Waals surface area contributed by atoms with Crippen LogP contribution in [0.25, 0.3) is 10.9 Å². The number of halogens is 2. The molecule has 1 aliphatic heterocycles. The maximum Gasteiger partial charge on any atom is 0.328 e. The third-order valence-electron chi connectivity index (χ3n) is 5.03. The van der Waals surface area contributed by atoms with E-state index in [1.54, 1.807) is 24.3 Å². The van der Waals surface area contributed by atoms with Gasteiger partial charge in [0.1, 0.15) is 11.5 Å². The maximum absolute atomic E-state index is 13.2. The molecular formula is C22H20BrFN4O4. The quantitative estimate of drug-likeness (QED) is 0.466. The molecule has 8 nitrogen and oxygen atoms in total. The second-order valence-electron chi connectivity index (χ2n) is 7.32. The van der Waals surface area contributed by atoms with Gasteiger partial charge < -0.3 is 15.4 Å². The lowest BCUT2D eigenvalue weighted by Gasteiger charge is -2.14. The van der Waals surface area contributed by atoms with Crippen molar-refractivity contribution in [2.45, 2.75) is 18.9 Å². The first kappa shape index (κ1) is 22.0. The van der Waals surface area contributed by atoms with E-state index >= 15 is 0 Å². The van der Waals surface area contributed by atoms with Crippen molar-refractivity contribution in [1.29, 1.82) is 0 Å². The fraction of sp³-hybridized carbons (Fsp3) is 0.227. The maximum atomic E-state index is 13.2. The van der Waals surface area contributed by atoms with Crippen LogP contribution < -0.4 is 16.1 Å². The molecule has 3 amide bonds. The molecule has 1 atom stereocenters. The minimum atomic E-state index is -0.917. The molecule has 1 aliphatic rings. The highest BCUT2D eigenvalue weighted by molar-refractivity contribution is 9.10. The van der Waals surface area contributed by atoms with Gasteiger partial charge in [-0.2, -0.15) is 0 Å². The van der Waals surface area contributed by atoms with Crippen LogP contribution >= 0.6 is 15.9 Å². The summed E-state index contributed by atoms with van der Waals surface area (Å²) in [5.74, 6) is -2.71. The Balaban J connectivity index is 1.56. The van der Waals surface area contributed by atoms with Crippen molar-refractivity contribution in [3.8, 4) is 0 Å². The number of amides is 3. The summed E-state index contributed by atoms with van der Waals surface area (Å²) in [6.07, 6.45) is 1.64. The van der Waals surface area contributed by atoms with Crippen LogP contribution in [-0.4, -0.2) is 41.7 Å². The van der Waals surface area contributed by atoms with Crippen LogP contribution in [0, 0.1) is 5.82 Å². The number of ether oxygens (including phenoxy) is 1. The van der Waals surface area contributed by atoms with Gasteiger partial charge >= 0.3 is 11.8 Å². The summed E-state index contributed by atoms with van der Waals surface area (Å²) in [6.45, 7) is 0.883. The number of carbonyl (C=O) groups excluding carboxylic acids is 3. The average molecular weight is 503 g/mol. The van der Waals surface area contributed by atoms with Gasteiger partial charge in [0, 0.05) is 28.7 Å². The van der Waals surface area contributed by atoms with E-state index in [2.05, 4.69) is 32.0 Å². The summed E-state index contributed by atoms with van der Waals surface area (Å²) >= 11 is 3.38. The largest absolute Gasteiger partial charge is 0.376 e. The molecule has 10 heteroatoms. The molecule has 0 saturated carbocycles. The second kappa shape index (κ2) is 9.49. The summed E-state index contributed by atoms with van der Waals surface area (Å²) in [4.78, 5) is 37.7. The molecule has 1 saturated heterocycles. The van der Waals surface area contributed by atoms with Crippen molar-refractivity contribution in [1.82, 2.24) is 9.99 Å². The van der Waals surface area contributed by atoms with E-state index in [1.165, 1.54) is 28.9 Å². The Bertz CT molecular complexity index is 1170. The number of rotatable bonds is 5. The van der Waals surface area contributed by atoms with E-state index in [0.717, 1.165) is 17.3 Å². The first-order chi connectivity index (χ1) is 15.4. The van der Waals surface area contributed by atoms with E-state index in [-0.39, 0.29) is 18.3 Å². The number of aromatic nitrogens is 1. The lowest BCUT2D eigenvalue weighted by Crippen LogP contribution is -2.42. The lowest BCUT2D eigenvalue weighted by molar-refractivity contribution is -0.136. The van der Waals surface area contributed by atoms with Crippen LogP contribution in [0.5, 0.6) is 0 Å². The van der Waals surface area contributed by atoms with E-state index in [0.29, 0.717) is 23.2 Å². The van der Waals surface area contributed by atoms with Crippen LogP contribution in [0.3, 0.4) is 0 Å². The van der Waals surface area contributed by atoms with Gasteiger partial charge in [0.25, 0.3) is 5.91 Å². The Hall–Kier alpha value is -3.24. The van der Waals surface area contributed by atoms with Gasteiger partial charge in [-0.05, 0) is 61.4 Å². The predicted molar refractivity (Wildman–Crippen MR) is 120 cm³/mol. The molecule has 3 N–H and O–H groups in total. The van der Waals surface area contributed by atoms with Crippen LogP contribution in [0.4, 0.5) is 10.1 Å². The summed E-state index contributed by atoms with van der Waals surface area (Å²) in [6, 6.07) is 12.1. The molecule has 0 radical (unpaired) electrons. The SMILES string of the molecule is O=C(NC[C@H]1CCCO1)C(=O)Nn1c(C(=O)Nc2ccc(F)cc2)cc2cc(Br)ccc21. The second-order valence-corrected chi connectivity index (χ2v) is 8.23. The number of carbonyl (C=O) groups is 3. The van der Waals surface area contributed by atoms with Gasteiger partial charge in [-0.15, -0.1) is 0 Å². The summed E-state index contributed by atoms with van der Waals surface area (Å²) in [5, 5.41) is 5.88. The normalized spacial score (nSPS) is 15.5. The van der Waals surface area contributed by atoms with E-state index in [4.69, 9.17) is 4.74 Å². The molecule has 2 aromatic carbocycles. The molecular weight excluding hydrogens is 483 g/mol. The molecule has 0 unspecified atom stereocenters. The van der Waals surface area contributed by atoms with Crippen LogP contribution in [0.1, 0.15) is 23.3 Å². The van der Waals surface area contributed by atoms with Crippen LogP contribution in [-0.2, 0) is 14.3 Å². The van der Waals surface area contributed by atoms with Gasteiger partial charge in [0.2, 0.25) is 0 Å². The fourth-order valence-electron chi connectivity index (χ4n) is 3.45. The highest BCUT2D eigenvalue weighted by atomic mass is 79.9. The van der Waals surface area contributed by atoms with E-state index < -0.39 is 23.5 Å². The smallest absolute Gasteiger partial charge is 0.328 e. The Kier molecular flexibility index (Phi) is 6.52. The van der Waals surface area contributed by atoms with Gasteiger partial charge in [-0.25, -0.2) is 9.07 Å². The first-order valence-electron chi connectivity index (χ1n) is 9.99. The zero-order valence-electron chi connectivity index (χ0n) is 16.9. The van der Waals surface area contributed by atoms with Crippen molar-refractivity contribution in [3.63, 3.8) is 0 Å². The zero-order chi connectivity index (χ0) is 22.7. The lowest BCUT2D eigenvalue weighted by atomic mass is 10.2. The minimum Gasteiger partial charge on any atom is -0.376 e. The fourth-order valence-corrected chi connectivity index (χ4v) is 3.83. The number of nitrogens with one attached hydrogen (secondary N) is 3. The zero-order valence-corrected chi connectivity index (χ0v) is 18.4. The van der Waals surface area contributed by atoms with Crippen molar-refractivity contribution < 1.29 is 23.5 Å². The summed E-state index contributed by atoms with van der Waals surface area (Å²) < 4.78 is 20.6. The minimum absolute atomic E-state index is 0.0997. The molecule has 166 valence electrons. The number of benzene rings is 2. The van der Waals surface area contributed by atoms with Crippen molar-refractivity contribution in [3.05, 3.63) is 64.5 Å². The highest BCUT2D eigenvalue weighted by Gasteiger charge is 2.23. The van der Waals surface area contributed by atoms with E-state index in [9.17, 15) is 18.8 Å². The van der Waals surface area contributed by atoms with Crippen molar-refractivity contribution in [2.75, 3.05) is 23.9 Å². The molecule has 0 aliphatic carbocycles. The van der Waals surface area contributed by atoms with Crippen molar-refractivity contribution in [2.24, 2.45) is 0 Å². The molecule has 1 fully saturated rings. The molecule has 32 heavy (non-hydrogen) atoms. The number of anilines is 1. The monoisotopic (exact) mass is 502 g/mol. The highest BCUT2D eigenvalue weighted by Crippen LogP contribution is 2.24. The predicted octanol–water partition coefficient (Wildman–Crippen LogP) is 3.16. The van der Waals surface area contributed by atoms with Gasteiger partial charge in [-0.1, -0.05) is 15.9 Å². The Morgan fingerprint density at radius 1 is 1.09 bits per heavy atom. The topological polar surface area (TPSA) is 101 Å². The number of hydrogen-bond acceptors (Lipinski definition) is 4. The summed E-state index contributed by atoms with van der Waals surface area (Å²) in [5.41, 5.74) is 3.50. The molecule has 2 heterocycles. The number of hydrogen-bond donors (Lipinski definition) is 3. The third kappa shape index (κ3) is 4.97. The van der Waals surface area contributed by atoms with E-state index in [1.807, 2.05) is 0 Å². The third-order valence-corrected chi connectivity index (χ3v) is 5.53. The van der Waals surface area contributed by atoms with Gasteiger partial charge in [-0.3, -0.25) is 19.8 Å². The average Bonchev–Trinajstić information content (AvgIpc) is 3.41. The van der Waals surface area contributed by atoms with Gasteiger partial charge in [0.05, 0.1) is 11.6 Å². The first-order valence-corrected chi connectivity index (χ1v) is 10.8. The standard InChI is InChI=1S/C22H20BrFN4O4/c23-14-3-8-18-13(10-14)11-19(20(29)26-16-6-4-15(24)5-7-16)28(18)27-22(31)21(30)25-12-17-2-1-9-32-17/h3-8,10-11,17H,1-2,9,12H2,(H,25,30)(H,26,29)(H,27,31)/t17-/m1/s1. The molecule has 0 spiro atoms. The van der Waals surface area contributed by atoms with Gasteiger partial charge in [0.15, 0.2) is 0 Å². The molecule has 4 rings (SSSR count). The molecule has 1 aromatic heterocycles.